The third kappa shape index (κ3) is 3.25. The number of aryl methyl sites for hydroxylation is 1. The molecule has 0 aromatic heterocycles. The van der Waals surface area contributed by atoms with E-state index in [1.54, 1.807) is 25.1 Å². The van der Waals surface area contributed by atoms with E-state index in [1.165, 1.54) is 12.5 Å². The number of benzene rings is 1. The summed E-state index contributed by atoms with van der Waals surface area (Å²) in [5.74, 6) is 0. The lowest BCUT2D eigenvalue weighted by molar-refractivity contribution is 0.601. The second-order valence-electron chi connectivity index (χ2n) is 3.79. The van der Waals surface area contributed by atoms with E-state index in [4.69, 9.17) is 5.73 Å². The number of nitrogens with zero attached hydrogens (tertiary/aromatic N) is 1. The van der Waals surface area contributed by atoms with Gasteiger partial charge in [0.1, 0.15) is 0 Å². The van der Waals surface area contributed by atoms with Gasteiger partial charge in [0.25, 0.3) is 0 Å². The van der Waals surface area contributed by atoms with Crippen LogP contribution in [0.15, 0.2) is 28.2 Å². The van der Waals surface area contributed by atoms with Crippen molar-refractivity contribution in [1.82, 2.24) is 0 Å². The van der Waals surface area contributed by atoms with Crippen molar-refractivity contribution in [3.63, 3.8) is 0 Å². The second-order valence-corrected chi connectivity index (χ2v) is 5.78. The summed E-state index contributed by atoms with van der Waals surface area (Å²) in [6.07, 6.45) is 4.40. The maximum absolute atomic E-state index is 11.6. The lowest BCUT2D eigenvalue weighted by Crippen LogP contribution is -2.05. The molecule has 0 aliphatic carbocycles. The van der Waals surface area contributed by atoms with E-state index in [0.29, 0.717) is 17.0 Å². The summed E-state index contributed by atoms with van der Waals surface area (Å²) in [5.41, 5.74) is 7.97. The van der Waals surface area contributed by atoms with Gasteiger partial charge in [-0.15, -0.1) is 0 Å². The fourth-order valence-corrected chi connectivity index (χ4v) is 2.61. The lowest BCUT2D eigenvalue weighted by atomic mass is 10.0. The van der Waals surface area contributed by atoms with Gasteiger partial charge >= 0.3 is 0 Å². The largest absolute Gasteiger partial charge is 0.326 e. The average Bonchev–Trinajstić information content (AvgIpc) is 2.25. The van der Waals surface area contributed by atoms with Crippen LogP contribution in [-0.4, -0.2) is 21.4 Å². The summed E-state index contributed by atoms with van der Waals surface area (Å²) >= 11 is 0. The molecule has 0 fully saturated rings. The number of sulfone groups is 1. The first-order valence-electron chi connectivity index (χ1n) is 5.06. The Labute approximate surface area is 102 Å². The van der Waals surface area contributed by atoms with Crippen LogP contribution in [0.3, 0.4) is 0 Å². The SMILES string of the molecule is C=N/C=C\c1cc(S(C)(=O)=O)c(C)cc1CN. The normalized spacial score (nSPS) is 11.9. The zero-order valence-electron chi connectivity index (χ0n) is 9.97. The zero-order chi connectivity index (χ0) is 13.1. The predicted octanol–water partition coefficient (Wildman–Crippen LogP) is 1.53. The minimum atomic E-state index is -3.23. The molecule has 0 heterocycles. The van der Waals surface area contributed by atoms with Gasteiger partial charge in [-0.2, -0.15) is 0 Å². The van der Waals surface area contributed by atoms with E-state index in [2.05, 4.69) is 11.7 Å². The van der Waals surface area contributed by atoms with Crippen LogP contribution in [0, 0.1) is 6.92 Å². The van der Waals surface area contributed by atoms with Crippen molar-refractivity contribution in [2.24, 2.45) is 10.7 Å². The van der Waals surface area contributed by atoms with E-state index in [0.717, 1.165) is 11.1 Å². The molecule has 4 nitrogen and oxygen atoms in total. The van der Waals surface area contributed by atoms with Crippen LogP contribution in [0.2, 0.25) is 0 Å². The Hall–Kier alpha value is -1.46. The third-order valence-corrected chi connectivity index (χ3v) is 3.65. The lowest BCUT2D eigenvalue weighted by Gasteiger charge is -2.09. The number of rotatable bonds is 4. The summed E-state index contributed by atoms with van der Waals surface area (Å²) < 4.78 is 23.2. The van der Waals surface area contributed by atoms with Gasteiger partial charge in [0.05, 0.1) is 4.90 Å². The van der Waals surface area contributed by atoms with Crippen molar-refractivity contribution in [3.05, 3.63) is 35.0 Å². The van der Waals surface area contributed by atoms with Crippen molar-refractivity contribution in [3.8, 4) is 0 Å². The van der Waals surface area contributed by atoms with Gasteiger partial charge in [-0.05, 0) is 42.5 Å². The monoisotopic (exact) mass is 252 g/mol. The molecule has 17 heavy (non-hydrogen) atoms. The average molecular weight is 252 g/mol. The number of hydrogen-bond donors (Lipinski definition) is 1. The van der Waals surface area contributed by atoms with Gasteiger partial charge in [0.15, 0.2) is 9.84 Å². The van der Waals surface area contributed by atoms with Crippen molar-refractivity contribution in [2.45, 2.75) is 18.4 Å². The van der Waals surface area contributed by atoms with Gasteiger partial charge in [0, 0.05) is 19.0 Å². The van der Waals surface area contributed by atoms with Crippen LogP contribution in [0.1, 0.15) is 16.7 Å². The highest BCUT2D eigenvalue weighted by Crippen LogP contribution is 2.21. The van der Waals surface area contributed by atoms with Crippen LogP contribution < -0.4 is 5.73 Å². The molecule has 0 atom stereocenters. The molecule has 0 radical (unpaired) electrons. The highest BCUT2D eigenvalue weighted by Gasteiger charge is 2.13. The summed E-state index contributed by atoms with van der Waals surface area (Å²) in [7, 11) is -3.23. The summed E-state index contributed by atoms with van der Waals surface area (Å²) in [4.78, 5) is 3.92. The molecule has 2 N–H and O–H groups in total. The van der Waals surface area contributed by atoms with Crippen LogP contribution in [0.5, 0.6) is 0 Å². The van der Waals surface area contributed by atoms with Crippen molar-refractivity contribution in [1.29, 1.82) is 0 Å². The highest BCUT2D eigenvalue weighted by atomic mass is 32.2. The van der Waals surface area contributed by atoms with Gasteiger partial charge in [0.2, 0.25) is 0 Å². The molecular formula is C12H16N2O2S. The molecule has 1 aromatic rings. The highest BCUT2D eigenvalue weighted by molar-refractivity contribution is 7.90. The molecule has 5 heteroatoms. The Balaban J connectivity index is 3.48. The van der Waals surface area contributed by atoms with Gasteiger partial charge in [-0.3, -0.25) is 4.99 Å². The van der Waals surface area contributed by atoms with Crippen molar-refractivity contribution < 1.29 is 8.42 Å². The van der Waals surface area contributed by atoms with E-state index >= 15 is 0 Å². The minimum Gasteiger partial charge on any atom is -0.326 e. The Morgan fingerprint density at radius 2 is 2.12 bits per heavy atom. The zero-order valence-corrected chi connectivity index (χ0v) is 10.8. The Bertz CT molecular complexity index is 560. The number of aliphatic imine (C=N–C) groups is 1. The maximum atomic E-state index is 11.6. The fraction of sp³-hybridized carbons (Fsp3) is 0.250. The molecule has 1 aromatic carbocycles. The van der Waals surface area contributed by atoms with E-state index < -0.39 is 9.84 Å². The van der Waals surface area contributed by atoms with Crippen LogP contribution in [0.25, 0.3) is 6.08 Å². The van der Waals surface area contributed by atoms with Crippen LogP contribution >= 0.6 is 0 Å². The van der Waals surface area contributed by atoms with Crippen LogP contribution in [-0.2, 0) is 16.4 Å². The molecule has 0 bridgehead atoms. The van der Waals surface area contributed by atoms with E-state index in [-0.39, 0.29) is 0 Å². The first-order valence-corrected chi connectivity index (χ1v) is 6.95. The Morgan fingerprint density at radius 1 is 1.47 bits per heavy atom. The van der Waals surface area contributed by atoms with E-state index in [9.17, 15) is 8.42 Å². The summed E-state index contributed by atoms with van der Waals surface area (Å²) in [6, 6.07) is 3.41. The standard InChI is InChI=1S/C12H16N2O2S/c1-9-6-11(8-13)10(4-5-14-2)7-12(9)17(3,15)16/h4-7H,2,8,13H2,1,3H3/b5-4-. The molecule has 0 amide bonds. The minimum absolute atomic E-state index is 0.318. The molecule has 0 saturated carbocycles. The summed E-state index contributed by atoms with van der Waals surface area (Å²) in [5, 5.41) is 0. The van der Waals surface area contributed by atoms with Crippen LogP contribution in [0.4, 0.5) is 0 Å². The van der Waals surface area contributed by atoms with Crippen molar-refractivity contribution >= 4 is 22.6 Å². The Morgan fingerprint density at radius 3 is 2.59 bits per heavy atom. The molecular weight excluding hydrogens is 236 g/mol. The molecule has 0 aliphatic rings. The molecule has 1 rings (SSSR count). The van der Waals surface area contributed by atoms with Gasteiger partial charge in [-0.1, -0.05) is 6.07 Å². The second kappa shape index (κ2) is 5.25. The number of hydrogen-bond acceptors (Lipinski definition) is 4. The molecule has 92 valence electrons. The first kappa shape index (κ1) is 13.6. The fourth-order valence-electron chi connectivity index (χ4n) is 1.63. The first-order chi connectivity index (χ1) is 7.90. The Kier molecular flexibility index (Phi) is 4.20. The third-order valence-electron chi connectivity index (χ3n) is 2.42. The van der Waals surface area contributed by atoms with Gasteiger partial charge < -0.3 is 5.73 Å². The quantitative estimate of drug-likeness (QED) is 0.826. The topological polar surface area (TPSA) is 72.5 Å². The maximum Gasteiger partial charge on any atom is 0.175 e. The molecule has 0 aliphatic heterocycles. The van der Waals surface area contributed by atoms with E-state index in [1.807, 2.05) is 0 Å². The smallest absolute Gasteiger partial charge is 0.175 e. The molecule has 0 saturated heterocycles. The summed E-state index contributed by atoms with van der Waals surface area (Å²) in [6.45, 7) is 5.44. The molecule has 0 spiro atoms. The number of nitrogens with two attached hydrogens (primary N) is 1. The predicted molar refractivity (Wildman–Crippen MR) is 70.8 cm³/mol. The van der Waals surface area contributed by atoms with Gasteiger partial charge in [-0.25, -0.2) is 8.42 Å². The molecule has 0 unspecified atom stereocenters. The van der Waals surface area contributed by atoms with Crippen molar-refractivity contribution in [2.75, 3.05) is 6.26 Å².